The average molecular weight is 325 g/mol. The van der Waals surface area contributed by atoms with Crippen molar-refractivity contribution in [3.05, 3.63) is 29.8 Å². The molecule has 1 atom stereocenters. The molecule has 122 valence electrons. The quantitative estimate of drug-likeness (QED) is 0.791. The van der Waals surface area contributed by atoms with Gasteiger partial charge in [-0.3, -0.25) is 4.79 Å². The molecule has 0 saturated heterocycles. The highest BCUT2D eigenvalue weighted by Gasteiger charge is 2.39. The van der Waals surface area contributed by atoms with Gasteiger partial charge in [0.2, 0.25) is 5.91 Å². The molecule has 1 aliphatic carbocycles. The fraction of sp³-hybridized carbons (Fsp3) is 0.562. The van der Waals surface area contributed by atoms with Crippen LogP contribution < -0.4 is 5.32 Å². The zero-order valence-electron chi connectivity index (χ0n) is 13.0. The van der Waals surface area contributed by atoms with Gasteiger partial charge in [0, 0.05) is 19.2 Å². The van der Waals surface area contributed by atoms with Crippen LogP contribution in [0.3, 0.4) is 0 Å². The third-order valence-corrected chi connectivity index (χ3v) is 5.22. The van der Waals surface area contributed by atoms with Crippen LogP contribution in [-0.4, -0.2) is 37.8 Å². The van der Waals surface area contributed by atoms with Crippen molar-refractivity contribution in [2.24, 2.45) is 5.92 Å². The van der Waals surface area contributed by atoms with E-state index in [9.17, 15) is 18.3 Å². The minimum absolute atomic E-state index is 0.104. The van der Waals surface area contributed by atoms with Crippen molar-refractivity contribution in [1.29, 1.82) is 0 Å². The largest absolute Gasteiger partial charge is 0.388 e. The van der Waals surface area contributed by atoms with Crippen molar-refractivity contribution in [3.8, 4) is 0 Å². The van der Waals surface area contributed by atoms with Crippen LogP contribution in [0.2, 0.25) is 0 Å². The molecule has 1 amide bonds. The lowest BCUT2D eigenvalue weighted by atomic mass is 10.0. The predicted molar refractivity (Wildman–Crippen MR) is 84.2 cm³/mol. The van der Waals surface area contributed by atoms with Crippen LogP contribution in [0.5, 0.6) is 0 Å². The molecule has 1 aliphatic rings. The number of carbonyl (C=O) groups is 1. The van der Waals surface area contributed by atoms with E-state index in [1.165, 1.54) is 6.26 Å². The number of aryl methyl sites for hydroxylation is 1. The SMILES string of the molecule is C[C@@](O)(CNC(=O)CCc1ccc(S(C)(=O)=O)cc1)C1CC1. The molecule has 2 rings (SSSR count). The monoisotopic (exact) mass is 325 g/mol. The molecule has 1 aromatic carbocycles. The smallest absolute Gasteiger partial charge is 0.220 e. The normalized spacial score (nSPS) is 17.8. The molecule has 0 radical (unpaired) electrons. The van der Waals surface area contributed by atoms with E-state index in [2.05, 4.69) is 5.32 Å². The number of aliphatic hydroxyl groups is 1. The molecular weight excluding hydrogens is 302 g/mol. The first-order valence-corrected chi connectivity index (χ1v) is 9.36. The van der Waals surface area contributed by atoms with Crippen molar-refractivity contribution < 1.29 is 18.3 Å². The predicted octanol–water partition coefficient (Wildman–Crippen LogP) is 1.30. The van der Waals surface area contributed by atoms with Gasteiger partial charge in [0.05, 0.1) is 10.5 Å². The lowest BCUT2D eigenvalue weighted by Gasteiger charge is -2.23. The third-order valence-electron chi connectivity index (χ3n) is 4.09. The van der Waals surface area contributed by atoms with Crippen LogP contribution in [0.25, 0.3) is 0 Å². The molecule has 22 heavy (non-hydrogen) atoms. The van der Waals surface area contributed by atoms with Gasteiger partial charge < -0.3 is 10.4 Å². The highest BCUT2D eigenvalue weighted by Crippen LogP contribution is 2.38. The summed E-state index contributed by atoms with van der Waals surface area (Å²) in [6.07, 6.45) is 4.08. The fourth-order valence-electron chi connectivity index (χ4n) is 2.38. The zero-order chi connectivity index (χ0) is 16.4. The standard InChI is InChI=1S/C16H23NO4S/c1-16(19,13-6-7-13)11-17-15(18)10-5-12-3-8-14(9-4-12)22(2,20)21/h3-4,8-9,13,19H,5-7,10-11H2,1-2H3,(H,17,18)/t16-/m1/s1. The van der Waals surface area contributed by atoms with E-state index in [-0.39, 0.29) is 17.3 Å². The molecule has 1 aromatic rings. The number of hydrogen-bond acceptors (Lipinski definition) is 4. The second-order valence-electron chi connectivity index (χ2n) is 6.32. The van der Waals surface area contributed by atoms with Gasteiger partial charge in [-0.25, -0.2) is 8.42 Å². The van der Waals surface area contributed by atoms with E-state index in [0.29, 0.717) is 18.8 Å². The summed E-state index contributed by atoms with van der Waals surface area (Å²) in [6, 6.07) is 6.56. The maximum atomic E-state index is 11.8. The molecule has 0 bridgehead atoms. The van der Waals surface area contributed by atoms with Crippen molar-refractivity contribution in [3.63, 3.8) is 0 Å². The van der Waals surface area contributed by atoms with Crippen molar-refractivity contribution in [2.45, 2.75) is 43.1 Å². The summed E-state index contributed by atoms with van der Waals surface area (Å²) in [4.78, 5) is 12.1. The van der Waals surface area contributed by atoms with Crippen LogP contribution in [-0.2, 0) is 21.1 Å². The zero-order valence-corrected chi connectivity index (χ0v) is 13.8. The first-order valence-electron chi connectivity index (χ1n) is 7.46. The Bertz CT molecular complexity index is 631. The molecule has 6 heteroatoms. The minimum Gasteiger partial charge on any atom is -0.388 e. The topological polar surface area (TPSA) is 83.5 Å². The van der Waals surface area contributed by atoms with Crippen LogP contribution in [0.15, 0.2) is 29.2 Å². The Labute approximate surface area is 131 Å². The van der Waals surface area contributed by atoms with E-state index in [1.54, 1.807) is 31.2 Å². The Morgan fingerprint density at radius 3 is 2.41 bits per heavy atom. The van der Waals surface area contributed by atoms with Crippen LogP contribution in [0.4, 0.5) is 0 Å². The van der Waals surface area contributed by atoms with Gasteiger partial charge in [0.25, 0.3) is 0 Å². The van der Waals surface area contributed by atoms with E-state index in [1.807, 2.05) is 0 Å². The first-order chi connectivity index (χ1) is 10.2. The van der Waals surface area contributed by atoms with E-state index in [0.717, 1.165) is 18.4 Å². The van der Waals surface area contributed by atoms with Gasteiger partial charge in [-0.05, 0) is 49.8 Å². The number of nitrogens with one attached hydrogen (secondary N) is 1. The van der Waals surface area contributed by atoms with Gasteiger partial charge >= 0.3 is 0 Å². The molecule has 0 aliphatic heterocycles. The number of rotatable bonds is 7. The maximum absolute atomic E-state index is 11.8. The lowest BCUT2D eigenvalue weighted by molar-refractivity contribution is -0.122. The highest BCUT2D eigenvalue weighted by atomic mass is 32.2. The van der Waals surface area contributed by atoms with Gasteiger partial charge in [0.15, 0.2) is 9.84 Å². The molecule has 1 fully saturated rings. The molecule has 0 aromatic heterocycles. The molecule has 1 saturated carbocycles. The summed E-state index contributed by atoms with van der Waals surface area (Å²) < 4.78 is 22.7. The molecule has 2 N–H and O–H groups in total. The number of hydrogen-bond donors (Lipinski definition) is 2. The summed E-state index contributed by atoms with van der Waals surface area (Å²) in [5.74, 6) is 0.199. The van der Waals surface area contributed by atoms with Crippen molar-refractivity contribution in [2.75, 3.05) is 12.8 Å². The molecular formula is C16H23NO4S. The summed E-state index contributed by atoms with van der Waals surface area (Å²) in [5.41, 5.74) is 0.101. The van der Waals surface area contributed by atoms with E-state index < -0.39 is 15.4 Å². The average Bonchev–Trinajstić information content (AvgIpc) is 3.27. The lowest BCUT2D eigenvalue weighted by Crippen LogP contribution is -2.42. The molecule has 0 heterocycles. The summed E-state index contributed by atoms with van der Waals surface area (Å²) in [5, 5.41) is 12.9. The summed E-state index contributed by atoms with van der Waals surface area (Å²) >= 11 is 0. The van der Waals surface area contributed by atoms with Crippen LogP contribution >= 0.6 is 0 Å². The van der Waals surface area contributed by atoms with Crippen molar-refractivity contribution >= 4 is 15.7 Å². The number of carbonyl (C=O) groups excluding carboxylic acids is 1. The number of amides is 1. The Balaban J connectivity index is 1.78. The molecule has 0 spiro atoms. The maximum Gasteiger partial charge on any atom is 0.220 e. The Morgan fingerprint density at radius 1 is 1.32 bits per heavy atom. The summed E-state index contributed by atoms with van der Waals surface area (Å²) in [6.45, 7) is 2.04. The van der Waals surface area contributed by atoms with Gasteiger partial charge in [-0.1, -0.05) is 12.1 Å². The van der Waals surface area contributed by atoms with Crippen LogP contribution in [0, 0.1) is 5.92 Å². The van der Waals surface area contributed by atoms with Gasteiger partial charge in [-0.2, -0.15) is 0 Å². The summed E-state index contributed by atoms with van der Waals surface area (Å²) in [7, 11) is -3.19. The Morgan fingerprint density at radius 2 is 1.91 bits per heavy atom. The minimum atomic E-state index is -3.19. The second-order valence-corrected chi connectivity index (χ2v) is 8.34. The van der Waals surface area contributed by atoms with Gasteiger partial charge in [-0.15, -0.1) is 0 Å². The molecule has 0 unspecified atom stereocenters. The molecule has 5 nitrogen and oxygen atoms in total. The first kappa shape index (κ1) is 17.0. The van der Waals surface area contributed by atoms with Crippen molar-refractivity contribution in [1.82, 2.24) is 5.32 Å². The number of benzene rings is 1. The van der Waals surface area contributed by atoms with E-state index >= 15 is 0 Å². The highest BCUT2D eigenvalue weighted by molar-refractivity contribution is 7.90. The Hall–Kier alpha value is -1.40. The second kappa shape index (κ2) is 6.38. The number of sulfone groups is 1. The van der Waals surface area contributed by atoms with Crippen LogP contribution in [0.1, 0.15) is 31.7 Å². The Kier molecular flexibility index (Phi) is 4.92. The van der Waals surface area contributed by atoms with Gasteiger partial charge in [0.1, 0.15) is 0 Å². The third kappa shape index (κ3) is 4.81. The van der Waals surface area contributed by atoms with E-state index in [4.69, 9.17) is 0 Å². The fourth-order valence-corrected chi connectivity index (χ4v) is 3.01.